The van der Waals surface area contributed by atoms with Crippen molar-refractivity contribution in [3.05, 3.63) is 54.3 Å². The van der Waals surface area contributed by atoms with E-state index < -0.39 is 0 Å². The van der Waals surface area contributed by atoms with Gasteiger partial charge in [-0.15, -0.1) is 0 Å². The monoisotopic (exact) mass is 249 g/mol. The van der Waals surface area contributed by atoms with E-state index in [1.165, 1.54) is 0 Å². The molecule has 0 fully saturated rings. The third-order valence-corrected chi connectivity index (χ3v) is 2.55. The van der Waals surface area contributed by atoms with Crippen LogP contribution < -0.4 is 0 Å². The van der Waals surface area contributed by atoms with Gasteiger partial charge in [0.1, 0.15) is 5.69 Å². The number of nitrogens with zero attached hydrogens (tertiary/aromatic N) is 3. The van der Waals surface area contributed by atoms with Crippen molar-refractivity contribution < 1.29 is 4.42 Å². The summed E-state index contributed by atoms with van der Waals surface area (Å²) in [7, 11) is 0. The van der Waals surface area contributed by atoms with E-state index in [-0.39, 0.29) is 0 Å². The standard InChI is InChI=1S/C15H11N3O/c1(6-12-7-3-4-10-16-12)2-9-14-18-15-13(19-14)8-5-11-17-15/h3-5,7-8,10-11H,2,9H2. The van der Waals surface area contributed by atoms with Gasteiger partial charge in [-0.05, 0) is 30.2 Å². The zero-order chi connectivity index (χ0) is 12.9. The van der Waals surface area contributed by atoms with Crippen molar-refractivity contribution in [3.8, 4) is 11.8 Å². The fourth-order valence-electron chi connectivity index (χ4n) is 1.68. The summed E-state index contributed by atoms with van der Waals surface area (Å²) in [6, 6.07) is 9.37. The molecule has 0 radical (unpaired) electrons. The topological polar surface area (TPSA) is 51.8 Å². The molecule has 0 aliphatic heterocycles. The Morgan fingerprint density at radius 1 is 1.05 bits per heavy atom. The number of hydrogen-bond acceptors (Lipinski definition) is 4. The van der Waals surface area contributed by atoms with Crippen molar-refractivity contribution in [2.45, 2.75) is 12.8 Å². The van der Waals surface area contributed by atoms with Crippen molar-refractivity contribution in [1.82, 2.24) is 15.0 Å². The third kappa shape index (κ3) is 2.78. The fraction of sp³-hybridized carbons (Fsp3) is 0.133. The molecule has 4 nitrogen and oxygen atoms in total. The Morgan fingerprint density at radius 2 is 2.00 bits per heavy atom. The van der Waals surface area contributed by atoms with Crippen LogP contribution in [0, 0.1) is 11.8 Å². The Balaban J connectivity index is 1.65. The van der Waals surface area contributed by atoms with Crippen LogP contribution in [0.3, 0.4) is 0 Å². The van der Waals surface area contributed by atoms with E-state index in [2.05, 4.69) is 26.8 Å². The van der Waals surface area contributed by atoms with Gasteiger partial charge in [-0.2, -0.15) is 4.98 Å². The number of aryl methyl sites for hydroxylation is 1. The molecule has 4 heteroatoms. The van der Waals surface area contributed by atoms with Gasteiger partial charge in [-0.25, -0.2) is 9.97 Å². The van der Waals surface area contributed by atoms with Crippen molar-refractivity contribution in [3.63, 3.8) is 0 Å². The molecule has 3 aromatic heterocycles. The second kappa shape index (κ2) is 5.32. The van der Waals surface area contributed by atoms with Crippen molar-refractivity contribution in [2.24, 2.45) is 0 Å². The molecule has 0 unspecified atom stereocenters. The molecule has 0 bridgehead atoms. The van der Waals surface area contributed by atoms with E-state index in [1.54, 1.807) is 12.4 Å². The minimum atomic E-state index is 0.648. The predicted molar refractivity (Wildman–Crippen MR) is 71.2 cm³/mol. The number of hydrogen-bond donors (Lipinski definition) is 0. The van der Waals surface area contributed by atoms with Gasteiger partial charge in [0, 0.05) is 25.2 Å². The van der Waals surface area contributed by atoms with Crippen LogP contribution in [0.5, 0.6) is 0 Å². The number of fused-ring (bicyclic) bond motifs is 1. The maximum Gasteiger partial charge on any atom is 0.198 e. The van der Waals surface area contributed by atoms with Crippen LogP contribution >= 0.6 is 0 Å². The highest BCUT2D eigenvalue weighted by molar-refractivity contribution is 5.66. The molecule has 0 aliphatic rings. The number of oxazole rings is 1. The Labute approximate surface area is 110 Å². The predicted octanol–water partition coefficient (Wildman–Crippen LogP) is 2.60. The van der Waals surface area contributed by atoms with Crippen molar-refractivity contribution in [1.29, 1.82) is 0 Å². The maximum atomic E-state index is 5.56. The molecule has 0 N–H and O–H groups in total. The molecule has 3 aromatic rings. The Bertz CT molecular complexity index is 705. The maximum absolute atomic E-state index is 5.56. The molecular weight excluding hydrogens is 238 g/mol. The largest absolute Gasteiger partial charge is 0.439 e. The molecule has 0 saturated heterocycles. The molecule has 0 atom stereocenters. The summed E-state index contributed by atoms with van der Waals surface area (Å²) in [6.07, 6.45) is 4.80. The van der Waals surface area contributed by atoms with E-state index >= 15 is 0 Å². The highest BCUT2D eigenvalue weighted by atomic mass is 16.3. The molecule has 0 saturated carbocycles. The lowest BCUT2D eigenvalue weighted by molar-refractivity contribution is 0.531. The van der Waals surface area contributed by atoms with E-state index in [4.69, 9.17) is 4.42 Å². The molecule has 0 spiro atoms. The molecular formula is C15H11N3O. The van der Waals surface area contributed by atoms with Gasteiger partial charge in [-0.3, -0.25) is 0 Å². The van der Waals surface area contributed by atoms with Gasteiger partial charge in [0.2, 0.25) is 0 Å². The minimum absolute atomic E-state index is 0.648. The van der Waals surface area contributed by atoms with Gasteiger partial charge >= 0.3 is 0 Å². The first-order valence-electron chi connectivity index (χ1n) is 6.02. The zero-order valence-electron chi connectivity index (χ0n) is 10.2. The summed E-state index contributed by atoms with van der Waals surface area (Å²) in [6.45, 7) is 0. The Hall–Kier alpha value is -2.67. The Morgan fingerprint density at radius 3 is 2.84 bits per heavy atom. The molecule has 3 rings (SSSR count). The van der Waals surface area contributed by atoms with Gasteiger partial charge < -0.3 is 4.42 Å². The first-order chi connectivity index (χ1) is 9.42. The van der Waals surface area contributed by atoms with Crippen LogP contribution in [0.25, 0.3) is 11.2 Å². The second-order valence-corrected chi connectivity index (χ2v) is 3.95. The molecule has 92 valence electrons. The molecule has 3 heterocycles. The quantitative estimate of drug-likeness (QED) is 0.655. The van der Waals surface area contributed by atoms with E-state index in [0.29, 0.717) is 24.4 Å². The second-order valence-electron chi connectivity index (χ2n) is 3.95. The minimum Gasteiger partial charge on any atom is -0.439 e. The van der Waals surface area contributed by atoms with Gasteiger partial charge in [0.15, 0.2) is 17.1 Å². The van der Waals surface area contributed by atoms with Crippen LogP contribution in [-0.2, 0) is 6.42 Å². The lowest BCUT2D eigenvalue weighted by Crippen LogP contribution is -1.84. The van der Waals surface area contributed by atoms with E-state index in [0.717, 1.165) is 11.3 Å². The summed E-state index contributed by atoms with van der Waals surface area (Å²) in [5.41, 5.74) is 2.15. The van der Waals surface area contributed by atoms with Crippen LogP contribution in [0.4, 0.5) is 0 Å². The fourth-order valence-corrected chi connectivity index (χ4v) is 1.68. The van der Waals surface area contributed by atoms with Crippen LogP contribution in [0.2, 0.25) is 0 Å². The van der Waals surface area contributed by atoms with Crippen molar-refractivity contribution >= 4 is 11.2 Å². The summed E-state index contributed by atoms with van der Waals surface area (Å²) >= 11 is 0. The molecule has 19 heavy (non-hydrogen) atoms. The normalized spacial score (nSPS) is 10.1. The summed E-state index contributed by atoms with van der Waals surface area (Å²) in [5, 5.41) is 0. The van der Waals surface area contributed by atoms with E-state index in [1.807, 2.05) is 30.3 Å². The van der Waals surface area contributed by atoms with Crippen LogP contribution in [0.1, 0.15) is 18.0 Å². The summed E-state index contributed by atoms with van der Waals surface area (Å²) in [5.74, 6) is 6.73. The number of pyridine rings is 2. The van der Waals surface area contributed by atoms with Crippen LogP contribution in [-0.4, -0.2) is 15.0 Å². The molecule has 0 aromatic carbocycles. The highest BCUT2D eigenvalue weighted by Crippen LogP contribution is 2.13. The van der Waals surface area contributed by atoms with E-state index in [9.17, 15) is 0 Å². The number of rotatable bonds is 2. The first-order valence-corrected chi connectivity index (χ1v) is 6.02. The van der Waals surface area contributed by atoms with Gasteiger partial charge in [-0.1, -0.05) is 12.0 Å². The average Bonchev–Trinajstić information content (AvgIpc) is 2.87. The number of aromatic nitrogens is 3. The SMILES string of the molecule is C(#Cc1ccccn1)CCc1nc2ncccc2o1. The smallest absolute Gasteiger partial charge is 0.198 e. The zero-order valence-corrected chi connectivity index (χ0v) is 10.2. The summed E-state index contributed by atoms with van der Waals surface area (Å²) < 4.78 is 5.56. The van der Waals surface area contributed by atoms with Gasteiger partial charge in [0.05, 0.1) is 0 Å². The van der Waals surface area contributed by atoms with Gasteiger partial charge in [0.25, 0.3) is 0 Å². The Kier molecular flexibility index (Phi) is 3.20. The lowest BCUT2D eigenvalue weighted by atomic mass is 10.3. The van der Waals surface area contributed by atoms with Crippen LogP contribution in [0.15, 0.2) is 47.1 Å². The highest BCUT2D eigenvalue weighted by Gasteiger charge is 2.04. The van der Waals surface area contributed by atoms with Crippen molar-refractivity contribution in [2.75, 3.05) is 0 Å². The first kappa shape index (κ1) is 11.4. The molecule has 0 aliphatic carbocycles. The third-order valence-electron chi connectivity index (χ3n) is 2.55. The summed E-state index contributed by atoms with van der Waals surface area (Å²) in [4.78, 5) is 12.6. The lowest BCUT2D eigenvalue weighted by Gasteiger charge is -1.87. The molecule has 0 amide bonds. The average molecular weight is 249 g/mol.